The van der Waals surface area contributed by atoms with Gasteiger partial charge in [0.25, 0.3) is 0 Å². The average molecular weight is 822 g/mol. The maximum Gasteiger partial charge on any atom is 0.180 e. The van der Waals surface area contributed by atoms with Gasteiger partial charge >= 0.3 is 0 Å². The molecule has 0 radical (unpaired) electrons. The molecule has 0 saturated carbocycles. The highest BCUT2D eigenvalue weighted by Crippen LogP contribution is 2.45. The number of anilines is 3. The van der Waals surface area contributed by atoms with E-state index in [1.807, 2.05) is 0 Å². The van der Waals surface area contributed by atoms with Crippen LogP contribution in [0.15, 0.2) is 265 Å². The Morgan fingerprint density at radius 2 is 0.730 bits per heavy atom. The van der Waals surface area contributed by atoms with Crippen LogP contribution in [0.5, 0.6) is 0 Å². The summed E-state index contributed by atoms with van der Waals surface area (Å²) in [6.07, 6.45) is 0. The summed E-state index contributed by atoms with van der Waals surface area (Å²) in [5, 5.41) is 7.51. The highest BCUT2D eigenvalue weighted by atomic mass is 28.3. The molecule has 10 aromatic carbocycles. The minimum atomic E-state index is -2.93. The van der Waals surface area contributed by atoms with Crippen molar-refractivity contribution in [2.45, 2.75) is 0 Å². The van der Waals surface area contributed by atoms with Crippen molar-refractivity contribution >= 4 is 67.8 Å². The summed E-state index contributed by atoms with van der Waals surface area (Å²) >= 11 is 0. The first kappa shape index (κ1) is 38.0. The fraction of sp³-hybridized carbons (Fsp3) is 0. The van der Waals surface area contributed by atoms with Gasteiger partial charge in [0.2, 0.25) is 0 Å². The highest BCUT2D eigenvalue weighted by molar-refractivity contribution is 7.20. The molecule has 0 N–H and O–H groups in total. The molecule has 3 heteroatoms. The number of para-hydroxylation sites is 2. The number of nitrogens with zero attached hydrogens (tertiary/aromatic N) is 1. The van der Waals surface area contributed by atoms with Crippen LogP contribution in [0, 0.1) is 0 Å². The zero-order chi connectivity index (χ0) is 42.0. The van der Waals surface area contributed by atoms with Crippen molar-refractivity contribution in [2.75, 3.05) is 4.90 Å². The molecule has 0 saturated heterocycles. The first-order valence-corrected chi connectivity index (χ1v) is 23.6. The number of furan rings is 1. The van der Waals surface area contributed by atoms with E-state index in [0.717, 1.165) is 50.1 Å². The Kier molecular flexibility index (Phi) is 9.93. The third kappa shape index (κ3) is 6.76. The predicted octanol–water partition coefficient (Wildman–Crippen LogP) is 13.4. The van der Waals surface area contributed by atoms with E-state index in [0.29, 0.717) is 0 Å². The van der Waals surface area contributed by atoms with Gasteiger partial charge in [-0.1, -0.05) is 231 Å². The maximum atomic E-state index is 7.12. The van der Waals surface area contributed by atoms with Crippen LogP contribution in [0.4, 0.5) is 17.1 Å². The second-order valence-corrected chi connectivity index (χ2v) is 19.8. The van der Waals surface area contributed by atoms with E-state index in [1.54, 1.807) is 0 Å². The van der Waals surface area contributed by atoms with Gasteiger partial charge in [0.05, 0.1) is 5.69 Å². The Balaban J connectivity index is 1.20. The van der Waals surface area contributed by atoms with E-state index in [9.17, 15) is 0 Å². The van der Waals surface area contributed by atoms with Gasteiger partial charge in [-0.2, -0.15) is 0 Å². The summed E-state index contributed by atoms with van der Waals surface area (Å²) in [6, 6.07) is 94.8. The van der Waals surface area contributed by atoms with Crippen molar-refractivity contribution in [3.05, 3.63) is 261 Å². The number of benzene rings is 10. The van der Waals surface area contributed by atoms with E-state index < -0.39 is 8.07 Å². The Labute approximate surface area is 369 Å². The average Bonchev–Trinajstić information content (AvgIpc) is 3.76. The van der Waals surface area contributed by atoms with E-state index in [4.69, 9.17) is 4.42 Å². The lowest BCUT2D eigenvalue weighted by Crippen LogP contribution is -2.75. The molecule has 0 spiro atoms. The van der Waals surface area contributed by atoms with Crippen LogP contribution in [0.25, 0.3) is 55.3 Å². The van der Waals surface area contributed by atoms with Crippen LogP contribution in [-0.4, -0.2) is 8.07 Å². The summed E-state index contributed by atoms with van der Waals surface area (Å²) in [5.41, 5.74) is 11.7. The zero-order valence-electron chi connectivity index (χ0n) is 34.7. The number of rotatable bonds is 10. The van der Waals surface area contributed by atoms with E-state index in [2.05, 4.69) is 266 Å². The molecule has 0 atom stereocenters. The first-order valence-electron chi connectivity index (χ1n) is 21.6. The molecule has 11 rings (SSSR count). The molecule has 0 aliphatic heterocycles. The fourth-order valence-electron chi connectivity index (χ4n) is 9.57. The van der Waals surface area contributed by atoms with Gasteiger partial charge in [-0.05, 0) is 78.9 Å². The van der Waals surface area contributed by atoms with Gasteiger partial charge in [-0.3, -0.25) is 0 Å². The SMILES string of the molecule is c1ccc(-c2ccc(N(c3ccc([Si](c4ccccc4)(c4ccccc4)c4ccccc4)c(-c4ccccc4)c3)c3cccc4c3oc3c(-c5ccccc5)cccc34)cc2)cc1. The maximum absolute atomic E-state index is 7.12. The van der Waals surface area contributed by atoms with Gasteiger partial charge in [0.1, 0.15) is 5.58 Å². The van der Waals surface area contributed by atoms with E-state index in [-0.39, 0.29) is 0 Å². The largest absolute Gasteiger partial charge is 0.453 e. The molecular weight excluding hydrogens is 779 g/mol. The van der Waals surface area contributed by atoms with Crippen LogP contribution in [0.3, 0.4) is 0 Å². The minimum Gasteiger partial charge on any atom is -0.453 e. The quantitative estimate of drug-likeness (QED) is 0.101. The van der Waals surface area contributed by atoms with Crippen molar-refractivity contribution in [1.29, 1.82) is 0 Å². The molecule has 0 aliphatic rings. The lowest BCUT2D eigenvalue weighted by Gasteiger charge is -2.37. The number of fused-ring (bicyclic) bond motifs is 3. The van der Waals surface area contributed by atoms with Crippen LogP contribution in [-0.2, 0) is 0 Å². The Morgan fingerprint density at radius 1 is 0.302 bits per heavy atom. The molecule has 1 heterocycles. The summed E-state index contributed by atoms with van der Waals surface area (Å²) < 4.78 is 7.12. The first-order chi connectivity index (χ1) is 31.3. The molecule has 0 aliphatic carbocycles. The standard InChI is InChI=1S/C60H43NOSi/c1-7-21-44(22-8-1)45-37-39-48(40-38-45)61(57-36-20-35-55-54-34-19-33-53(59(54)62-60(55)57)46-23-9-2-10-24-46)49-41-42-58(56(43-49)47-25-11-3-12-26-47)63(50-27-13-4-14-28-50,51-29-15-5-16-30-51)52-31-17-6-18-32-52/h1-43H. The van der Waals surface area contributed by atoms with Crippen molar-refractivity contribution in [2.24, 2.45) is 0 Å². The molecule has 11 aromatic rings. The summed E-state index contributed by atoms with van der Waals surface area (Å²) in [7, 11) is -2.93. The Hall–Kier alpha value is -7.98. The molecule has 63 heavy (non-hydrogen) atoms. The molecular formula is C60H43NOSi. The second-order valence-electron chi connectivity index (χ2n) is 16.0. The monoisotopic (exact) mass is 821 g/mol. The predicted molar refractivity (Wildman–Crippen MR) is 268 cm³/mol. The molecule has 298 valence electrons. The third-order valence-electron chi connectivity index (χ3n) is 12.4. The molecule has 0 unspecified atom stereocenters. The lowest BCUT2D eigenvalue weighted by molar-refractivity contribution is 0.670. The van der Waals surface area contributed by atoms with E-state index in [1.165, 1.54) is 43.0 Å². The van der Waals surface area contributed by atoms with E-state index >= 15 is 0 Å². The smallest absolute Gasteiger partial charge is 0.180 e. The van der Waals surface area contributed by atoms with Crippen molar-refractivity contribution in [3.8, 4) is 33.4 Å². The van der Waals surface area contributed by atoms with Crippen molar-refractivity contribution in [3.63, 3.8) is 0 Å². The molecule has 0 amide bonds. The van der Waals surface area contributed by atoms with Gasteiger partial charge in [-0.15, -0.1) is 0 Å². The molecule has 1 aromatic heterocycles. The van der Waals surface area contributed by atoms with Crippen molar-refractivity contribution in [1.82, 2.24) is 0 Å². The van der Waals surface area contributed by atoms with Crippen LogP contribution in [0.2, 0.25) is 0 Å². The van der Waals surface area contributed by atoms with Crippen LogP contribution >= 0.6 is 0 Å². The van der Waals surface area contributed by atoms with Gasteiger partial charge in [0, 0.05) is 27.7 Å². The van der Waals surface area contributed by atoms with Gasteiger partial charge in [0.15, 0.2) is 13.7 Å². The van der Waals surface area contributed by atoms with Crippen LogP contribution < -0.4 is 25.6 Å². The number of hydrogen-bond acceptors (Lipinski definition) is 2. The van der Waals surface area contributed by atoms with Crippen molar-refractivity contribution < 1.29 is 4.42 Å². The molecule has 0 fully saturated rings. The highest BCUT2D eigenvalue weighted by Gasteiger charge is 2.43. The Bertz CT molecular complexity index is 3200. The minimum absolute atomic E-state index is 0.843. The summed E-state index contributed by atoms with van der Waals surface area (Å²) in [4.78, 5) is 2.38. The normalized spacial score (nSPS) is 11.5. The Morgan fingerprint density at radius 3 is 1.27 bits per heavy atom. The molecule has 2 nitrogen and oxygen atoms in total. The van der Waals surface area contributed by atoms with Crippen LogP contribution in [0.1, 0.15) is 0 Å². The van der Waals surface area contributed by atoms with Gasteiger partial charge in [-0.25, -0.2) is 0 Å². The third-order valence-corrected chi connectivity index (χ3v) is 17.3. The summed E-state index contributed by atoms with van der Waals surface area (Å²) in [6.45, 7) is 0. The lowest BCUT2D eigenvalue weighted by atomic mass is 10.0. The second kappa shape index (κ2) is 16.5. The molecule has 0 bridgehead atoms. The number of hydrogen-bond donors (Lipinski definition) is 0. The zero-order valence-corrected chi connectivity index (χ0v) is 35.7. The summed E-state index contributed by atoms with van der Waals surface area (Å²) in [5.74, 6) is 0. The fourth-order valence-corrected chi connectivity index (χ4v) is 14.5. The topological polar surface area (TPSA) is 16.4 Å². The van der Waals surface area contributed by atoms with Gasteiger partial charge < -0.3 is 9.32 Å².